The van der Waals surface area contributed by atoms with E-state index < -0.39 is 0 Å². The predicted octanol–water partition coefficient (Wildman–Crippen LogP) is 2.87. The van der Waals surface area contributed by atoms with Crippen LogP contribution in [0.4, 0.5) is 0 Å². The SMILES string of the molecule is O=C(c1ccc(-c2cncc(Cl)c2)cc1)N1CCN(C(=O)[C@@H]2CCCO2)CC1. The number of carbonyl (C=O) groups excluding carboxylic acids is 2. The van der Waals surface area contributed by atoms with E-state index in [2.05, 4.69) is 4.98 Å². The standard InChI is InChI=1S/C21H22ClN3O3/c22-18-12-17(13-23-14-18)15-3-5-16(6-4-15)20(26)24-7-9-25(10-8-24)21(27)19-2-1-11-28-19/h3-6,12-14,19H,1-2,7-11H2/t19-/m0/s1. The third kappa shape index (κ3) is 4.03. The Balaban J connectivity index is 1.36. The second-order valence-electron chi connectivity index (χ2n) is 7.09. The molecule has 6 nitrogen and oxygen atoms in total. The number of amides is 2. The molecule has 0 spiro atoms. The molecule has 1 aromatic carbocycles. The summed E-state index contributed by atoms with van der Waals surface area (Å²) in [5, 5.41) is 0.577. The number of rotatable bonds is 3. The molecule has 0 bridgehead atoms. The Morgan fingerprint density at radius 2 is 1.71 bits per heavy atom. The van der Waals surface area contributed by atoms with Crippen molar-refractivity contribution in [1.29, 1.82) is 0 Å². The van der Waals surface area contributed by atoms with Crippen molar-refractivity contribution in [1.82, 2.24) is 14.8 Å². The van der Waals surface area contributed by atoms with E-state index in [4.69, 9.17) is 16.3 Å². The van der Waals surface area contributed by atoms with E-state index in [1.807, 2.05) is 35.2 Å². The zero-order chi connectivity index (χ0) is 19.5. The van der Waals surface area contributed by atoms with Crippen LogP contribution in [0.15, 0.2) is 42.7 Å². The summed E-state index contributed by atoms with van der Waals surface area (Å²) in [6.45, 7) is 2.85. The Labute approximate surface area is 169 Å². The van der Waals surface area contributed by atoms with E-state index in [0.29, 0.717) is 43.4 Å². The van der Waals surface area contributed by atoms with E-state index >= 15 is 0 Å². The molecule has 28 heavy (non-hydrogen) atoms. The zero-order valence-electron chi connectivity index (χ0n) is 15.5. The van der Waals surface area contributed by atoms with Gasteiger partial charge in [0.2, 0.25) is 0 Å². The number of hydrogen-bond acceptors (Lipinski definition) is 4. The molecule has 2 saturated heterocycles. The third-order valence-electron chi connectivity index (χ3n) is 5.25. The average molecular weight is 400 g/mol. The van der Waals surface area contributed by atoms with Crippen molar-refractivity contribution in [2.75, 3.05) is 32.8 Å². The van der Waals surface area contributed by atoms with Gasteiger partial charge in [0.1, 0.15) is 6.10 Å². The lowest BCUT2D eigenvalue weighted by atomic mass is 10.0. The normalized spacial score (nSPS) is 19.7. The number of halogens is 1. The van der Waals surface area contributed by atoms with Crippen molar-refractivity contribution in [3.8, 4) is 11.1 Å². The molecule has 0 saturated carbocycles. The summed E-state index contributed by atoms with van der Waals surface area (Å²) in [4.78, 5) is 32.9. The smallest absolute Gasteiger partial charge is 0.253 e. The lowest BCUT2D eigenvalue weighted by molar-refractivity contribution is -0.142. The van der Waals surface area contributed by atoms with Gasteiger partial charge in [-0.25, -0.2) is 0 Å². The number of pyridine rings is 1. The van der Waals surface area contributed by atoms with Gasteiger partial charge in [0.25, 0.3) is 11.8 Å². The summed E-state index contributed by atoms with van der Waals surface area (Å²) in [6, 6.07) is 9.29. The minimum atomic E-state index is -0.296. The molecule has 3 heterocycles. The molecule has 0 radical (unpaired) electrons. The molecule has 2 aliphatic rings. The van der Waals surface area contributed by atoms with Crippen LogP contribution in [0, 0.1) is 0 Å². The summed E-state index contributed by atoms with van der Waals surface area (Å²) in [7, 11) is 0. The first-order valence-electron chi connectivity index (χ1n) is 9.52. The van der Waals surface area contributed by atoms with E-state index in [0.717, 1.165) is 24.0 Å². The number of nitrogens with zero attached hydrogens (tertiary/aromatic N) is 3. The highest BCUT2D eigenvalue weighted by Gasteiger charge is 2.31. The van der Waals surface area contributed by atoms with E-state index in [1.165, 1.54) is 0 Å². The predicted molar refractivity (Wildman–Crippen MR) is 106 cm³/mol. The summed E-state index contributed by atoms with van der Waals surface area (Å²) in [6.07, 6.45) is 4.78. The van der Waals surface area contributed by atoms with Crippen LogP contribution in [0.3, 0.4) is 0 Å². The van der Waals surface area contributed by atoms with Crippen LogP contribution in [0.5, 0.6) is 0 Å². The molecule has 0 aliphatic carbocycles. The molecule has 4 rings (SSSR count). The topological polar surface area (TPSA) is 62.7 Å². The zero-order valence-corrected chi connectivity index (χ0v) is 16.3. The van der Waals surface area contributed by atoms with Gasteiger partial charge >= 0.3 is 0 Å². The molecular weight excluding hydrogens is 378 g/mol. The Hall–Kier alpha value is -2.44. The van der Waals surface area contributed by atoms with Crippen molar-refractivity contribution in [3.63, 3.8) is 0 Å². The second-order valence-corrected chi connectivity index (χ2v) is 7.52. The van der Waals surface area contributed by atoms with Crippen LogP contribution >= 0.6 is 11.6 Å². The first kappa shape index (κ1) is 18.9. The van der Waals surface area contributed by atoms with Gasteiger partial charge in [-0.1, -0.05) is 23.7 Å². The van der Waals surface area contributed by atoms with E-state index in [-0.39, 0.29) is 17.9 Å². The molecular formula is C21H22ClN3O3. The van der Waals surface area contributed by atoms with Gasteiger partial charge < -0.3 is 14.5 Å². The Kier molecular flexibility index (Phi) is 5.59. The maximum atomic E-state index is 12.8. The van der Waals surface area contributed by atoms with Crippen LogP contribution in [0.2, 0.25) is 5.02 Å². The van der Waals surface area contributed by atoms with Gasteiger partial charge in [0.05, 0.1) is 5.02 Å². The van der Waals surface area contributed by atoms with Crippen molar-refractivity contribution >= 4 is 23.4 Å². The van der Waals surface area contributed by atoms with Crippen molar-refractivity contribution in [2.45, 2.75) is 18.9 Å². The van der Waals surface area contributed by atoms with Crippen LogP contribution < -0.4 is 0 Å². The molecule has 2 aliphatic heterocycles. The summed E-state index contributed by atoms with van der Waals surface area (Å²) >= 11 is 5.99. The van der Waals surface area contributed by atoms with Gasteiger partial charge in [-0.15, -0.1) is 0 Å². The Morgan fingerprint density at radius 3 is 2.36 bits per heavy atom. The minimum absolute atomic E-state index is 0.0139. The molecule has 2 fully saturated rings. The van der Waals surface area contributed by atoms with Gasteiger partial charge in [-0.05, 0) is 36.6 Å². The van der Waals surface area contributed by atoms with Gasteiger partial charge in [0.15, 0.2) is 0 Å². The number of hydrogen-bond donors (Lipinski definition) is 0. The molecule has 2 aromatic rings. The van der Waals surface area contributed by atoms with Crippen molar-refractivity contribution in [3.05, 3.63) is 53.3 Å². The molecule has 7 heteroatoms. The lowest BCUT2D eigenvalue weighted by Gasteiger charge is -2.35. The largest absolute Gasteiger partial charge is 0.368 e. The summed E-state index contributed by atoms with van der Waals surface area (Å²) in [5.41, 5.74) is 2.50. The van der Waals surface area contributed by atoms with Crippen LogP contribution in [-0.2, 0) is 9.53 Å². The van der Waals surface area contributed by atoms with Crippen molar-refractivity contribution in [2.24, 2.45) is 0 Å². The number of ether oxygens (including phenoxy) is 1. The van der Waals surface area contributed by atoms with Gasteiger partial charge in [-0.3, -0.25) is 14.6 Å². The van der Waals surface area contributed by atoms with Crippen molar-refractivity contribution < 1.29 is 14.3 Å². The first-order chi connectivity index (χ1) is 13.6. The first-order valence-corrected chi connectivity index (χ1v) is 9.90. The number of carbonyl (C=O) groups is 2. The van der Waals surface area contributed by atoms with Crippen LogP contribution in [0.25, 0.3) is 11.1 Å². The fourth-order valence-electron chi connectivity index (χ4n) is 3.66. The maximum Gasteiger partial charge on any atom is 0.253 e. The van der Waals surface area contributed by atoms with E-state index in [1.54, 1.807) is 17.3 Å². The van der Waals surface area contributed by atoms with Gasteiger partial charge in [0, 0.05) is 56.3 Å². The monoisotopic (exact) mass is 399 g/mol. The van der Waals surface area contributed by atoms with Crippen LogP contribution in [0.1, 0.15) is 23.2 Å². The fourth-order valence-corrected chi connectivity index (χ4v) is 3.84. The number of benzene rings is 1. The molecule has 2 amide bonds. The highest BCUT2D eigenvalue weighted by atomic mass is 35.5. The Morgan fingerprint density at radius 1 is 1.00 bits per heavy atom. The quantitative estimate of drug-likeness (QED) is 0.796. The molecule has 146 valence electrons. The fraction of sp³-hybridized carbons (Fsp3) is 0.381. The minimum Gasteiger partial charge on any atom is -0.368 e. The molecule has 0 unspecified atom stereocenters. The number of piperazine rings is 1. The van der Waals surface area contributed by atoms with Gasteiger partial charge in [-0.2, -0.15) is 0 Å². The lowest BCUT2D eigenvalue weighted by Crippen LogP contribution is -2.52. The Bertz CT molecular complexity index is 857. The highest BCUT2D eigenvalue weighted by Crippen LogP contribution is 2.22. The van der Waals surface area contributed by atoms with Crippen LogP contribution in [-0.4, -0.2) is 65.5 Å². The molecule has 1 atom stereocenters. The average Bonchev–Trinajstić information content (AvgIpc) is 3.28. The van der Waals surface area contributed by atoms with E-state index in [9.17, 15) is 9.59 Å². The summed E-state index contributed by atoms with van der Waals surface area (Å²) in [5.74, 6) is 0.0454. The second kappa shape index (κ2) is 8.29. The third-order valence-corrected chi connectivity index (χ3v) is 5.46. The number of aromatic nitrogens is 1. The highest BCUT2D eigenvalue weighted by molar-refractivity contribution is 6.30. The molecule has 0 N–H and O–H groups in total. The maximum absolute atomic E-state index is 12.8. The summed E-state index contributed by atoms with van der Waals surface area (Å²) < 4.78 is 5.48. The molecule has 1 aromatic heterocycles.